The number of benzene rings is 1. The molecule has 6 nitrogen and oxygen atoms in total. The average molecular weight is 289 g/mol. The standard InChI is InChI=1S/C11H16FN3O3S/c1-3-15(6-10(14)16)19(17,18)8-4-7(2)11(12)9(13)5-8/h4-5H,3,6,13H2,1-2H3,(H2,14,16). The summed E-state index contributed by atoms with van der Waals surface area (Å²) in [5.41, 5.74) is 10.3. The molecule has 1 aromatic rings. The smallest absolute Gasteiger partial charge is 0.243 e. The van der Waals surface area contributed by atoms with Crippen molar-refractivity contribution in [1.82, 2.24) is 4.31 Å². The molecular formula is C11H16FN3O3S. The Morgan fingerprint density at radius 2 is 2.00 bits per heavy atom. The number of carbonyl (C=O) groups is 1. The first-order chi connectivity index (χ1) is 8.70. The van der Waals surface area contributed by atoms with Crippen LogP contribution in [0.15, 0.2) is 17.0 Å². The van der Waals surface area contributed by atoms with Crippen molar-refractivity contribution in [2.75, 3.05) is 18.8 Å². The zero-order valence-electron chi connectivity index (χ0n) is 10.7. The third-order valence-electron chi connectivity index (χ3n) is 2.58. The van der Waals surface area contributed by atoms with Crippen molar-refractivity contribution in [1.29, 1.82) is 0 Å². The van der Waals surface area contributed by atoms with Crippen molar-refractivity contribution in [3.8, 4) is 0 Å². The third kappa shape index (κ3) is 3.21. The summed E-state index contributed by atoms with van der Waals surface area (Å²) >= 11 is 0. The van der Waals surface area contributed by atoms with Crippen molar-refractivity contribution < 1.29 is 17.6 Å². The second kappa shape index (κ2) is 5.54. The predicted octanol–water partition coefficient (Wildman–Crippen LogP) is 0.212. The number of carbonyl (C=O) groups excluding carboxylic acids is 1. The molecule has 0 radical (unpaired) electrons. The van der Waals surface area contributed by atoms with Gasteiger partial charge in [-0.1, -0.05) is 6.92 Å². The summed E-state index contributed by atoms with van der Waals surface area (Å²) in [6.45, 7) is 2.62. The van der Waals surface area contributed by atoms with Gasteiger partial charge in [0, 0.05) is 6.54 Å². The second-order valence-corrected chi connectivity index (χ2v) is 5.98. The summed E-state index contributed by atoms with van der Waals surface area (Å²) in [6.07, 6.45) is 0. The van der Waals surface area contributed by atoms with Crippen LogP contribution in [0.3, 0.4) is 0 Å². The van der Waals surface area contributed by atoms with E-state index in [0.29, 0.717) is 0 Å². The molecule has 1 rings (SSSR count). The van der Waals surface area contributed by atoms with Gasteiger partial charge in [-0.25, -0.2) is 12.8 Å². The van der Waals surface area contributed by atoms with E-state index in [4.69, 9.17) is 11.5 Å². The number of rotatable bonds is 5. The normalized spacial score (nSPS) is 11.8. The minimum atomic E-state index is -3.92. The Morgan fingerprint density at radius 1 is 1.42 bits per heavy atom. The van der Waals surface area contributed by atoms with Crippen molar-refractivity contribution >= 4 is 21.6 Å². The molecule has 0 aromatic heterocycles. The molecule has 0 aliphatic rings. The molecule has 19 heavy (non-hydrogen) atoms. The number of hydrogen-bond donors (Lipinski definition) is 2. The molecule has 0 heterocycles. The highest BCUT2D eigenvalue weighted by atomic mass is 32.2. The van der Waals surface area contributed by atoms with Gasteiger partial charge in [0.2, 0.25) is 15.9 Å². The summed E-state index contributed by atoms with van der Waals surface area (Å²) in [5.74, 6) is -1.42. The molecule has 0 spiro atoms. The molecule has 106 valence electrons. The lowest BCUT2D eigenvalue weighted by molar-refractivity contribution is -0.118. The van der Waals surface area contributed by atoms with Gasteiger partial charge in [-0.3, -0.25) is 4.79 Å². The van der Waals surface area contributed by atoms with E-state index in [9.17, 15) is 17.6 Å². The molecule has 0 saturated heterocycles. The summed E-state index contributed by atoms with van der Waals surface area (Å²) in [5, 5.41) is 0. The van der Waals surface area contributed by atoms with E-state index in [1.165, 1.54) is 13.0 Å². The summed E-state index contributed by atoms with van der Waals surface area (Å²) < 4.78 is 38.8. The van der Waals surface area contributed by atoms with Crippen molar-refractivity contribution in [2.24, 2.45) is 5.73 Å². The van der Waals surface area contributed by atoms with E-state index in [1.54, 1.807) is 6.92 Å². The maximum atomic E-state index is 13.4. The highest BCUT2D eigenvalue weighted by Gasteiger charge is 2.25. The van der Waals surface area contributed by atoms with Gasteiger partial charge in [-0.15, -0.1) is 0 Å². The van der Waals surface area contributed by atoms with Crippen molar-refractivity contribution in [3.63, 3.8) is 0 Å². The van der Waals surface area contributed by atoms with Gasteiger partial charge in [0.25, 0.3) is 0 Å². The molecule has 0 fully saturated rings. The molecular weight excluding hydrogens is 273 g/mol. The lowest BCUT2D eigenvalue weighted by Crippen LogP contribution is -2.38. The molecule has 4 N–H and O–H groups in total. The maximum absolute atomic E-state index is 13.4. The van der Waals surface area contributed by atoms with Gasteiger partial charge >= 0.3 is 0 Å². The van der Waals surface area contributed by atoms with Crippen LogP contribution in [0.1, 0.15) is 12.5 Å². The first-order valence-corrected chi connectivity index (χ1v) is 6.98. The molecule has 0 aliphatic heterocycles. The minimum absolute atomic E-state index is 0.0710. The number of nitrogen functional groups attached to an aromatic ring is 1. The van der Waals surface area contributed by atoms with E-state index in [2.05, 4.69) is 0 Å². The number of nitrogens with zero attached hydrogens (tertiary/aromatic N) is 1. The fraction of sp³-hybridized carbons (Fsp3) is 0.364. The van der Waals surface area contributed by atoms with Gasteiger partial charge < -0.3 is 11.5 Å². The fourth-order valence-corrected chi connectivity index (χ4v) is 3.14. The zero-order valence-corrected chi connectivity index (χ0v) is 11.5. The second-order valence-electron chi connectivity index (χ2n) is 4.04. The van der Waals surface area contributed by atoms with E-state index in [0.717, 1.165) is 10.4 Å². The van der Waals surface area contributed by atoms with Crippen LogP contribution in [-0.2, 0) is 14.8 Å². The van der Waals surface area contributed by atoms with Crippen molar-refractivity contribution in [3.05, 3.63) is 23.5 Å². The van der Waals surface area contributed by atoms with E-state index in [-0.39, 0.29) is 22.7 Å². The number of sulfonamides is 1. The first-order valence-electron chi connectivity index (χ1n) is 5.54. The zero-order chi connectivity index (χ0) is 14.8. The van der Waals surface area contributed by atoms with Crippen LogP contribution in [0.5, 0.6) is 0 Å². The Morgan fingerprint density at radius 3 is 2.42 bits per heavy atom. The van der Waals surface area contributed by atoms with Gasteiger partial charge in [-0.2, -0.15) is 4.31 Å². The summed E-state index contributed by atoms with van der Waals surface area (Å²) in [6, 6.07) is 2.20. The largest absolute Gasteiger partial charge is 0.396 e. The Kier molecular flexibility index (Phi) is 4.48. The van der Waals surface area contributed by atoms with E-state index >= 15 is 0 Å². The van der Waals surface area contributed by atoms with Gasteiger partial charge in [0.1, 0.15) is 5.82 Å². The number of aryl methyl sites for hydroxylation is 1. The SMILES string of the molecule is CCN(CC(N)=O)S(=O)(=O)c1cc(C)c(F)c(N)c1. The Balaban J connectivity index is 3.30. The summed E-state index contributed by atoms with van der Waals surface area (Å²) in [7, 11) is -3.92. The van der Waals surface area contributed by atoms with Gasteiger partial charge in [0.15, 0.2) is 0 Å². The number of amides is 1. The monoisotopic (exact) mass is 289 g/mol. The van der Waals surface area contributed by atoms with Crippen molar-refractivity contribution in [2.45, 2.75) is 18.7 Å². The van der Waals surface area contributed by atoms with Crippen LogP contribution >= 0.6 is 0 Å². The maximum Gasteiger partial charge on any atom is 0.243 e. The van der Waals surface area contributed by atoms with Gasteiger partial charge in [-0.05, 0) is 24.6 Å². The molecule has 0 aliphatic carbocycles. The molecule has 1 amide bonds. The molecule has 0 saturated carbocycles. The minimum Gasteiger partial charge on any atom is -0.396 e. The first kappa shape index (κ1) is 15.4. The predicted molar refractivity (Wildman–Crippen MR) is 69.2 cm³/mol. The number of nitrogens with two attached hydrogens (primary N) is 2. The number of halogens is 1. The molecule has 8 heteroatoms. The fourth-order valence-electron chi connectivity index (χ4n) is 1.60. The quantitative estimate of drug-likeness (QED) is 0.756. The lowest BCUT2D eigenvalue weighted by Gasteiger charge is -2.19. The highest BCUT2D eigenvalue weighted by Crippen LogP contribution is 2.23. The average Bonchev–Trinajstić information content (AvgIpc) is 2.31. The molecule has 0 atom stereocenters. The van der Waals surface area contributed by atoms with Crippen LogP contribution < -0.4 is 11.5 Å². The number of hydrogen-bond acceptors (Lipinski definition) is 4. The van der Waals surface area contributed by atoms with Gasteiger partial charge in [0.05, 0.1) is 17.1 Å². The third-order valence-corrected chi connectivity index (χ3v) is 4.48. The molecule has 0 bridgehead atoms. The van der Waals surface area contributed by atoms with Crippen LogP contribution in [0.25, 0.3) is 0 Å². The molecule has 1 aromatic carbocycles. The van der Waals surface area contributed by atoms with E-state index in [1.807, 2.05) is 0 Å². The van der Waals surface area contributed by atoms with Crippen LogP contribution in [0.4, 0.5) is 10.1 Å². The lowest BCUT2D eigenvalue weighted by atomic mass is 10.2. The molecule has 0 unspecified atom stereocenters. The van der Waals surface area contributed by atoms with Crippen LogP contribution in [0.2, 0.25) is 0 Å². The number of likely N-dealkylation sites (N-methyl/N-ethyl adjacent to an activating group) is 1. The number of anilines is 1. The highest BCUT2D eigenvalue weighted by molar-refractivity contribution is 7.89. The van der Waals surface area contributed by atoms with Crippen LogP contribution in [0, 0.1) is 12.7 Å². The van der Waals surface area contributed by atoms with E-state index < -0.39 is 28.3 Å². The number of primary amides is 1. The topological polar surface area (TPSA) is 106 Å². The van der Waals surface area contributed by atoms with Crippen LogP contribution in [-0.4, -0.2) is 31.7 Å². The Hall–Kier alpha value is -1.67. The Bertz CT molecular complexity index is 578. The Labute approximate surface area is 111 Å². The summed E-state index contributed by atoms with van der Waals surface area (Å²) in [4.78, 5) is 10.7.